The van der Waals surface area contributed by atoms with E-state index < -0.39 is 0 Å². The molecule has 14 heavy (non-hydrogen) atoms. The summed E-state index contributed by atoms with van der Waals surface area (Å²) < 4.78 is 0. The second-order valence-corrected chi connectivity index (χ2v) is 4.17. The van der Waals surface area contributed by atoms with E-state index in [0.717, 1.165) is 13.0 Å². The molecule has 0 aromatic heterocycles. The summed E-state index contributed by atoms with van der Waals surface area (Å²) in [6.07, 6.45) is 9.92. The van der Waals surface area contributed by atoms with Crippen molar-refractivity contribution in [3.63, 3.8) is 0 Å². The van der Waals surface area contributed by atoms with Crippen LogP contribution in [-0.2, 0) is 4.79 Å². The van der Waals surface area contributed by atoms with Crippen LogP contribution in [0.5, 0.6) is 0 Å². The van der Waals surface area contributed by atoms with Crippen LogP contribution in [0.15, 0.2) is 12.2 Å². The van der Waals surface area contributed by atoms with Gasteiger partial charge in [0.05, 0.1) is 0 Å². The van der Waals surface area contributed by atoms with Gasteiger partial charge in [-0.2, -0.15) is 0 Å². The molecule has 0 saturated carbocycles. The van der Waals surface area contributed by atoms with Gasteiger partial charge in [0.2, 0.25) is 5.91 Å². The van der Waals surface area contributed by atoms with Crippen LogP contribution in [0.25, 0.3) is 0 Å². The molecule has 1 amide bonds. The van der Waals surface area contributed by atoms with Crippen molar-refractivity contribution in [3.8, 4) is 0 Å². The number of allylic oxidation sites excluding steroid dienone is 1. The quantitative estimate of drug-likeness (QED) is 0.643. The minimum atomic E-state index is 0.197. The van der Waals surface area contributed by atoms with Gasteiger partial charge in [0.25, 0.3) is 0 Å². The molecule has 2 aliphatic rings. The molecule has 1 aliphatic heterocycles. The van der Waals surface area contributed by atoms with E-state index in [0.29, 0.717) is 18.5 Å². The minimum Gasteiger partial charge on any atom is -0.355 e. The number of carbonyl (C=O) groups excluding carboxylic acids is 1. The molecule has 3 heteroatoms. The number of piperidine rings is 1. The molecule has 1 saturated heterocycles. The van der Waals surface area contributed by atoms with Gasteiger partial charge in [0.1, 0.15) is 0 Å². The van der Waals surface area contributed by atoms with E-state index >= 15 is 0 Å². The predicted molar refractivity (Wildman–Crippen MR) is 55.9 cm³/mol. The maximum Gasteiger partial charge on any atom is 0.220 e. The molecule has 0 spiro atoms. The first kappa shape index (κ1) is 9.71. The molecule has 0 bridgehead atoms. The van der Waals surface area contributed by atoms with Crippen molar-refractivity contribution in [1.82, 2.24) is 10.6 Å². The summed E-state index contributed by atoms with van der Waals surface area (Å²) in [5.74, 6) is 0.197. The first-order valence-corrected chi connectivity index (χ1v) is 5.54. The van der Waals surface area contributed by atoms with Crippen molar-refractivity contribution in [2.75, 3.05) is 6.54 Å². The standard InChI is InChI=1S/C11H18N2O/c14-11-7-6-10(8-12-11)13-9-4-2-1-3-5-9/h2,4,9-10,13H,1,3,5-8H2,(H,12,14). The fourth-order valence-corrected chi connectivity index (χ4v) is 2.13. The van der Waals surface area contributed by atoms with Gasteiger partial charge in [0, 0.05) is 25.0 Å². The average Bonchev–Trinajstić information content (AvgIpc) is 2.23. The van der Waals surface area contributed by atoms with Crippen LogP contribution in [0.4, 0.5) is 0 Å². The second-order valence-electron chi connectivity index (χ2n) is 4.17. The molecular weight excluding hydrogens is 176 g/mol. The molecule has 0 radical (unpaired) electrons. The first-order valence-electron chi connectivity index (χ1n) is 5.54. The summed E-state index contributed by atoms with van der Waals surface area (Å²) in [5.41, 5.74) is 0. The van der Waals surface area contributed by atoms with E-state index in [1.54, 1.807) is 0 Å². The Kier molecular flexibility index (Phi) is 3.19. The monoisotopic (exact) mass is 194 g/mol. The van der Waals surface area contributed by atoms with Gasteiger partial charge in [-0.15, -0.1) is 0 Å². The Labute approximate surface area is 84.9 Å². The maximum absolute atomic E-state index is 10.9. The molecule has 2 N–H and O–H groups in total. The van der Waals surface area contributed by atoms with Crippen molar-refractivity contribution in [2.45, 2.75) is 44.2 Å². The van der Waals surface area contributed by atoms with Crippen molar-refractivity contribution in [1.29, 1.82) is 0 Å². The van der Waals surface area contributed by atoms with Gasteiger partial charge in [-0.3, -0.25) is 4.79 Å². The third-order valence-electron chi connectivity index (χ3n) is 2.97. The smallest absolute Gasteiger partial charge is 0.220 e. The lowest BCUT2D eigenvalue weighted by Gasteiger charge is -2.28. The van der Waals surface area contributed by atoms with Crippen LogP contribution >= 0.6 is 0 Å². The second kappa shape index (κ2) is 4.60. The first-order chi connectivity index (χ1) is 6.84. The lowest BCUT2D eigenvalue weighted by molar-refractivity contribution is -0.122. The Morgan fingerprint density at radius 2 is 2.36 bits per heavy atom. The zero-order chi connectivity index (χ0) is 9.80. The Bertz CT molecular complexity index is 227. The highest BCUT2D eigenvalue weighted by Gasteiger charge is 2.20. The molecule has 0 aromatic rings. The van der Waals surface area contributed by atoms with Crippen LogP contribution < -0.4 is 10.6 Å². The third kappa shape index (κ3) is 2.58. The fourth-order valence-electron chi connectivity index (χ4n) is 2.13. The van der Waals surface area contributed by atoms with Gasteiger partial charge in [-0.05, 0) is 25.7 Å². The van der Waals surface area contributed by atoms with Gasteiger partial charge in [-0.1, -0.05) is 12.2 Å². The molecule has 3 nitrogen and oxygen atoms in total. The summed E-state index contributed by atoms with van der Waals surface area (Å²) in [6, 6.07) is 1.00. The van der Waals surface area contributed by atoms with E-state index in [1.807, 2.05) is 0 Å². The Balaban J connectivity index is 1.76. The molecular formula is C11H18N2O. The number of hydrogen-bond acceptors (Lipinski definition) is 2. The Morgan fingerprint density at radius 3 is 3.00 bits per heavy atom. The molecule has 2 atom stereocenters. The van der Waals surface area contributed by atoms with Gasteiger partial charge in [-0.25, -0.2) is 0 Å². The van der Waals surface area contributed by atoms with Gasteiger partial charge >= 0.3 is 0 Å². The molecule has 1 heterocycles. The number of rotatable bonds is 2. The van der Waals surface area contributed by atoms with Crippen molar-refractivity contribution >= 4 is 5.91 Å². The summed E-state index contributed by atoms with van der Waals surface area (Å²) in [7, 11) is 0. The number of carbonyl (C=O) groups is 1. The predicted octanol–water partition coefficient (Wildman–Crippen LogP) is 0.963. The van der Waals surface area contributed by atoms with E-state index in [4.69, 9.17) is 0 Å². The number of hydrogen-bond donors (Lipinski definition) is 2. The average molecular weight is 194 g/mol. The summed E-state index contributed by atoms with van der Waals surface area (Å²) in [6.45, 7) is 0.795. The molecule has 2 unspecified atom stereocenters. The third-order valence-corrected chi connectivity index (χ3v) is 2.97. The van der Waals surface area contributed by atoms with Gasteiger partial charge in [0.15, 0.2) is 0 Å². The zero-order valence-corrected chi connectivity index (χ0v) is 8.46. The van der Waals surface area contributed by atoms with Crippen molar-refractivity contribution in [3.05, 3.63) is 12.2 Å². The Hall–Kier alpha value is -0.830. The minimum absolute atomic E-state index is 0.197. The van der Waals surface area contributed by atoms with Crippen molar-refractivity contribution < 1.29 is 4.79 Å². The zero-order valence-electron chi connectivity index (χ0n) is 8.46. The van der Waals surface area contributed by atoms with Crippen LogP contribution in [0.1, 0.15) is 32.1 Å². The molecule has 1 aliphatic carbocycles. The molecule has 78 valence electrons. The maximum atomic E-state index is 10.9. The number of amides is 1. The SMILES string of the molecule is O=C1CCC(NC2C=CCCC2)CN1. The lowest BCUT2D eigenvalue weighted by Crippen LogP contribution is -2.48. The highest BCUT2D eigenvalue weighted by Crippen LogP contribution is 2.12. The summed E-state index contributed by atoms with van der Waals surface area (Å²) in [5, 5.41) is 6.47. The van der Waals surface area contributed by atoms with Crippen LogP contribution in [0.3, 0.4) is 0 Å². The summed E-state index contributed by atoms with van der Waals surface area (Å²) >= 11 is 0. The molecule has 2 rings (SSSR count). The highest BCUT2D eigenvalue weighted by molar-refractivity contribution is 5.76. The lowest BCUT2D eigenvalue weighted by atomic mass is 10.00. The topological polar surface area (TPSA) is 41.1 Å². The largest absolute Gasteiger partial charge is 0.355 e. The number of nitrogens with one attached hydrogen (secondary N) is 2. The van der Waals surface area contributed by atoms with E-state index in [-0.39, 0.29) is 5.91 Å². The molecule has 0 aromatic carbocycles. The van der Waals surface area contributed by atoms with Gasteiger partial charge < -0.3 is 10.6 Å². The fraction of sp³-hybridized carbons (Fsp3) is 0.727. The van der Waals surface area contributed by atoms with Crippen molar-refractivity contribution in [2.24, 2.45) is 0 Å². The summed E-state index contributed by atoms with van der Waals surface area (Å²) in [4.78, 5) is 10.9. The van der Waals surface area contributed by atoms with E-state index in [1.165, 1.54) is 19.3 Å². The highest BCUT2D eigenvalue weighted by atomic mass is 16.1. The van der Waals surface area contributed by atoms with Crippen LogP contribution in [-0.4, -0.2) is 24.5 Å². The Morgan fingerprint density at radius 1 is 1.43 bits per heavy atom. The van der Waals surface area contributed by atoms with Crippen LogP contribution in [0, 0.1) is 0 Å². The van der Waals surface area contributed by atoms with E-state index in [2.05, 4.69) is 22.8 Å². The molecule has 1 fully saturated rings. The van der Waals surface area contributed by atoms with Crippen LogP contribution in [0.2, 0.25) is 0 Å². The normalized spacial score (nSPS) is 32.7. The van der Waals surface area contributed by atoms with E-state index in [9.17, 15) is 4.79 Å².